The number of carbonyl (C=O) groups excluding carboxylic acids is 1. The van der Waals surface area contributed by atoms with Crippen molar-refractivity contribution in [2.75, 3.05) is 12.3 Å². The number of rotatable bonds is 6. The largest absolute Gasteiger partial charge is 0.468 e. The maximum atomic E-state index is 12.6. The molecule has 2 rings (SSSR count). The third-order valence-electron chi connectivity index (χ3n) is 2.52. The van der Waals surface area contributed by atoms with Gasteiger partial charge in [0.05, 0.1) is 23.8 Å². The first kappa shape index (κ1) is 15.5. The second kappa shape index (κ2) is 6.70. The number of nitrogens with one attached hydrogen (secondary N) is 2. The van der Waals surface area contributed by atoms with Crippen LogP contribution in [0.4, 0.5) is 13.2 Å². The summed E-state index contributed by atoms with van der Waals surface area (Å²) < 4.78 is 42.9. The number of hydrogen-bond donors (Lipinski definition) is 2. The summed E-state index contributed by atoms with van der Waals surface area (Å²) in [5, 5.41) is 7.48. The Hall–Kier alpha value is -1.90. The molecule has 0 aromatic carbocycles. The summed E-state index contributed by atoms with van der Waals surface area (Å²) in [5.74, 6) is 1.21. The number of nitrogens with zero attached hydrogens (tertiary/aromatic N) is 1. The van der Waals surface area contributed by atoms with Gasteiger partial charge in [-0.05, 0) is 12.1 Å². The van der Waals surface area contributed by atoms with Crippen LogP contribution >= 0.6 is 11.8 Å². The quantitative estimate of drug-likeness (QED) is 0.803. The van der Waals surface area contributed by atoms with Crippen LogP contribution in [0.3, 0.4) is 0 Å². The molecule has 0 radical (unpaired) electrons. The summed E-state index contributed by atoms with van der Waals surface area (Å²) in [7, 11) is 0. The number of halogens is 3. The lowest BCUT2D eigenvalue weighted by molar-refractivity contribution is -0.141. The summed E-state index contributed by atoms with van der Waals surface area (Å²) in [5.41, 5.74) is -1.64. The first-order valence-electron chi connectivity index (χ1n) is 5.97. The molecule has 0 atom stereocenters. The van der Waals surface area contributed by atoms with Gasteiger partial charge in [0, 0.05) is 12.3 Å². The van der Waals surface area contributed by atoms with Crippen molar-refractivity contribution in [3.8, 4) is 0 Å². The second-order valence-corrected chi connectivity index (χ2v) is 5.15. The molecule has 114 valence electrons. The molecule has 5 nitrogen and oxygen atoms in total. The maximum absolute atomic E-state index is 12.6. The van der Waals surface area contributed by atoms with Crippen LogP contribution in [0.1, 0.15) is 21.8 Å². The highest BCUT2D eigenvalue weighted by Crippen LogP contribution is 2.29. The lowest BCUT2D eigenvalue weighted by atomic mass is 10.2. The molecular formula is C12H12F3N3O2S. The molecular weight excluding hydrogens is 307 g/mol. The van der Waals surface area contributed by atoms with Crippen LogP contribution < -0.4 is 5.32 Å². The van der Waals surface area contributed by atoms with Gasteiger partial charge in [-0.25, -0.2) is 0 Å². The van der Waals surface area contributed by atoms with Crippen LogP contribution in [0.5, 0.6) is 0 Å². The fraction of sp³-hybridized carbons (Fsp3) is 0.333. The summed E-state index contributed by atoms with van der Waals surface area (Å²) in [6.07, 6.45) is -2.19. The SMILES string of the molecule is O=C(NCCSCc1ccco1)c1cn[nH]c1C(F)(F)F. The van der Waals surface area contributed by atoms with E-state index in [1.54, 1.807) is 17.4 Å². The van der Waals surface area contributed by atoms with Crippen LogP contribution in [0.15, 0.2) is 29.0 Å². The Labute approximate surface area is 122 Å². The number of H-pyrrole nitrogens is 1. The van der Waals surface area contributed by atoms with Crippen LogP contribution in [-0.2, 0) is 11.9 Å². The molecule has 0 bridgehead atoms. The first-order valence-corrected chi connectivity index (χ1v) is 7.13. The molecule has 2 N–H and O–H groups in total. The number of furan rings is 1. The average molecular weight is 319 g/mol. The number of thioether (sulfide) groups is 1. The monoisotopic (exact) mass is 319 g/mol. The smallest absolute Gasteiger partial charge is 0.433 e. The second-order valence-electron chi connectivity index (χ2n) is 4.04. The molecule has 0 saturated heterocycles. The molecule has 0 saturated carbocycles. The van der Waals surface area contributed by atoms with E-state index in [9.17, 15) is 18.0 Å². The van der Waals surface area contributed by atoms with Gasteiger partial charge in [-0.15, -0.1) is 0 Å². The standard InChI is InChI=1S/C12H12F3N3O2S/c13-12(14,15)10-9(6-17-18-10)11(19)16-3-5-21-7-8-2-1-4-20-8/h1-2,4,6H,3,5,7H2,(H,16,19)(H,17,18). The van der Waals surface area contributed by atoms with Crippen LogP contribution in [0, 0.1) is 0 Å². The highest BCUT2D eigenvalue weighted by atomic mass is 32.2. The number of aromatic nitrogens is 2. The van der Waals surface area contributed by atoms with Crippen LogP contribution in [0.25, 0.3) is 0 Å². The third kappa shape index (κ3) is 4.28. The predicted molar refractivity (Wildman–Crippen MR) is 70.8 cm³/mol. The number of hydrogen-bond acceptors (Lipinski definition) is 4. The molecule has 0 fully saturated rings. The van der Waals surface area contributed by atoms with E-state index >= 15 is 0 Å². The minimum Gasteiger partial charge on any atom is -0.468 e. The Morgan fingerprint density at radius 3 is 2.95 bits per heavy atom. The Morgan fingerprint density at radius 1 is 1.48 bits per heavy atom. The summed E-state index contributed by atoms with van der Waals surface area (Å²) >= 11 is 1.51. The van der Waals surface area contributed by atoms with Crippen molar-refractivity contribution < 1.29 is 22.4 Å². The summed E-state index contributed by atoms with van der Waals surface area (Å²) in [6.45, 7) is 0.257. The van der Waals surface area contributed by atoms with E-state index in [0.29, 0.717) is 11.5 Å². The number of amides is 1. The van der Waals surface area contributed by atoms with Gasteiger partial charge in [-0.1, -0.05) is 0 Å². The van der Waals surface area contributed by atoms with Crippen molar-refractivity contribution in [3.05, 3.63) is 41.6 Å². The van der Waals surface area contributed by atoms with Gasteiger partial charge >= 0.3 is 6.18 Å². The molecule has 0 unspecified atom stereocenters. The molecule has 0 aliphatic rings. The number of alkyl halides is 3. The van der Waals surface area contributed by atoms with Gasteiger partial charge in [0.1, 0.15) is 5.76 Å². The summed E-state index contributed by atoms with van der Waals surface area (Å²) in [4.78, 5) is 11.7. The summed E-state index contributed by atoms with van der Waals surface area (Å²) in [6, 6.07) is 3.60. The van der Waals surface area contributed by atoms with E-state index in [4.69, 9.17) is 4.42 Å². The Morgan fingerprint density at radius 2 is 2.29 bits per heavy atom. The third-order valence-corrected chi connectivity index (χ3v) is 3.51. The minimum absolute atomic E-state index is 0.257. The topological polar surface area (TPSA) is 70.9 Å². The fourth-order valence-electron chi connectivity index (χ4n) is 1.57. The molecule has 2 heterocycles. The fourth-order valence-corrected chi connectivity index (χ4v) is 2.33. The van der Waals surface area contributed by atoms with Crippen molar-refractivity contribution in [3.63, 3.8) is 0 Å². The van der Waals surface area contributed by atoms with Crippen molar-refractivity contribution in [2.24, 2.45) is 0 Å². The predicted octanol–water partition coefficient (Wildman–Crippen LogP) is 2.68. The minimum atomic E-state index is -4.63. The van der Waals surface area contributed by atoms with Crippen molar-refractivity contribution in [1.29, 1.82) is 0 Å². The van der Waals surface area contributed by atoms with Crippen molar-refractivity contribution in [2.45, 2.75) is 11.9 Å². The van der Waals surface area contributed by atoms with E-state index in [1.165, 1.54) is 11.8 Å². The Bertz CT molecular complexity index is 581. The van der Waals surface area contributed by atoms with Crippen LogP contribution in [0.2, 0.25) is 0 Å². The molecule has 0 aliphatic carbocycles. The van der Waals surface area contributed by atoms with Gasteiger partial charge in [-0.2, -0.15) is 30.0 Å². The highest BCUT2D eigenvalue weighted by Gasteiger charge is 2.37. The number of carbonyl (C=O) groups is 1. The van der Waals surface area contributed by atoms with Gasteiger partial charge in [0.15, 0.2) is 5.69 Å². The van der Waals surface area contributed by atoms with E-state index in [2.05, 4.69) is 10.4 Å². The van der Waals surface area contributed by atoms with E-state index in [1.807, 2.05) is 6.07 Å². The van der Waals surface area contributed by atoms with Gasteiger partial charge in [0.25, 0.3) is 5.91 Å². The molecule has 21 heavy (non-hydrogen) atoms. The van der Waals surface area contributed by atoms with Crippen molar-refractivity contribution in [1.82, 2.24) is 15.5 Å². The molecule has 2 aromatic heterocycles. The molecule has 9 heteroatoms. The van der Waals surface area contributed by atoms with Gasteiger partial charge in [0.2, 0.25) is 0 Å². The molecule has 2 aromatic rings. The Kier molecular flexibility index (Phi) is 4.94. The normalized spacial score (nSPS) is 11.6. The molecule has 1 amide bonds. The molecule has 0 spiro atoms. The maximum Gasteiger partial charge on any atom is 0.433 e. The van der Waals surface area contributed by atoms with Crippen molar-refractivity contribution >= 4 is 17.7 Å². The molecule has 0 aliphatic heterocycles. The lowest BCUT2D eigenvalue weighted by Crippen LogP contribution is -2.27. The Balaban J connectivity index is 1.76. The van der Waals surface area contributed by atoms with Crippen LogP contribution in [-0.4, -0.2) is 28.4 Å². The van der Waals surface area contributed by atoms with E-state index in [0.717, 1.165) is 12.0 Å². The zero-order chi connectivity index (χ0) is 15.3. The van der Waals surface area contributed by atoms with Gasteiger partial charge < -0.3 is 9.73 Å². The highest BCUT2D eigenvalue weighted by molar-refractivity contribution is 7.98. The first-order chi connectivity index (χ1) is 9.98. The zero-order valence-corrected chi connectivity index (χ0v) is 11.6. The number of aromatic amines is 1. The van der Waals surface area contributed by atoms with Gasteiger partial charge in [-0.3, -0.25) is 9.89 Å². The zero-order valence-electron chi connectivity index (χ0n) is 10.7. The average Bonchev–Trinajstić information content (AvgIpc) is 3.08. The lowest BCUT2D eigenvalue weighted by Gasteiger charge is -2.07. The van der Waals surface area contributed by atoms with E-state index < -0.39 is 23.3 Å². The van der Waals surface area contributed by atoms with E-state index in [-0.39, 0.29) is 6.54 Å².